The first-order valence-electron chi connectivity index (χ1n) is 19.4. The molecule has 57 heavy (non-hydrogen) atoms. The fourth-order valence-corrected chi connectivity index (χ4v) is 8.18. The number of nitrogens with zero attached hydrogens (tertiary/aromatic N) is 6. The van der Waals surface area contributed by atoms with Crippen molar-refractivity contribution >= 4 is 44.4 Å². The molecule has 0 saturated carbocycles. The van der Waals surface area contributed by atoms with Crippen molar-refractivity contribution in [2.75, 3.05) is 56.2 Å². The molecule has 2 aliphatic heterocycles. The number of thiazole rings is 1. The summed E-state index contributed by atoms with van der Waals surface area (Å²) in [5.74, 6) is 0.724. The number of esters is 1. The van der Waals surface area contributed by atoms with Crippen LogP contribution >= 0.6 is 11.3 Å². The monoisotopic (exact) mass is 785 g/mol. The quantitative estimate of drug-likeness (QED) is 0.133. The number of anilines is 2. The van der Waals surface area contributed by atoms with Crippen LogP contribution in [-0.4, -0.2) is 88.1 Å². The van der Waals surface area contributed by atoms with Gasteiger partial charge in [-0.25, -0.2) is 14.8 Å². The number of para-hydroxylation sites is 2. The van der Waals surface area contributed by atoms with Crippen LogP contribution in [0.3, 0.4) is 0 Å². The van der Waals surface area contributed by atoms with E-state index in [9.17, 15) is 9.59 Å². The summed E-state index contributed by atoms with van der Waals surface area (Å²) in [6.07, 6.45) is 2.50. The molecule has 0 unspecified atom stereocenters. The number of pyridine rings is 1. The lowest BCUT2D eigenvalue weighted by Crippen LogP contribution is -2.38. The van der Waals surface area contributed by atoms with E-state index in [0.29, 0.717) is 54.7 Å². The average molecular weight is 786 g/mol. The highest BCUT2D eigenvalue weighted by Crippen LogP contribution is 2.33. The van der Waals surface area contributed by atoms with Gasteiger partial charge in [0.15, 0.2) is 10.8 Å². The van der Waals surface area contributed by atoms with Gasteiger partial charge in [-0.1, -0.05) is 53.8 Å². The zero-order valence-corrected chi connectivity index (χ0v) is 33.6. The largest absolute Gasteiger partial charge is 0.492 e. The maximum absolute atomic E-state index is 13.9. The van der Waals surface area contributed by atoms with E-state index < -0.39 is 11.6 Å². The summed E-state index contributed by atoms with van der Waals surface area (Å²) in [7, 11) is 0. The second-order valence-electron chi connectivity index (χ2n) is 15.3. The van der Waals surface area contributed by atoms with Crippen molar-refractivity contribution in [1.29, 1.82) is 0 Å². The Kier molecular flexibility index (Phi) is 11.0. The molecule has 12 nitrogen and oxygen atoms in total. The average Bonchev–Trinajstić information content (AvgIpc) is 3.79. The van der Waals surface area contributed by atoms with Crippen molar-refractivity contribution in [3.63, 3.8) is 0 Å². The molecule has 13 heteroatoms. The van der Waals surface area contributed by atoms with Gasteiger partial charge in [-0.05, 0) is 81.6 Å². The second kappa shape index (κ2) is 16.5. The van der Waals surface area contributed by atoms with Gasteiger partial charge in [0.2, 0.25) is 0 Å². The Morgan fingerprint density at radius 3 is 2.54 bits per heavy atom. The molecular weight excluding hydrogens is 739 g/mol. The topological polar surface area (TPSA) is 124 Å². The zero-order valence-electron chi connectivity index (χ0n) is 32.8. The third-order valence-electron chi connectivity index (χ3n) is 10.3. The second-order valence-corrected chi connectivity index (χ2v) is 16.4. The first-order chi connectivity index (χ1) is 27.6. The number of hydrogen-bond donors (Lipinski definition) is 1. The summed E-state index contributed by atoms with van der Waals surface area (Å²) < 4.78 is 20.6. The summed E-state index contributed by atoms with van der Waals surface area (Å²) in [6.45, 7) is 13.9. The van der Waals surface area contributed by atoms with Gasteiger partial charge in [-0.15, -0.1) is 0 Å². The van der Waals surface area contributed by atoms with E-state index in [0.717, 1.165) is 76.8 Å². The molecular formula is C44H47N7O5S. The number of nitrogens with one attached hydrogen (secondary N) is 1. The van der Waals surface area contributed by atoms with Gasteiger partial charge < -0.3 is 19.1 Å². The number of amides is 1. The molecule has 1 amide bonds. The molecule has 2 aliphatic rings. The Morgan fingerprint density at radius 2 is 1.72 bits per heavy atom. The number of aromatic nitrogens is 4. The van der Waals surface area contributed by atoms with Crippen LogP contribution in [0.2, 0.25) is 0 Å². The van der Waals surface area contributed by atoms with E-state index in [1.807, 2.05) is 99.1 Å². The minimum atomic E-state index is -0.730. The predicted molar refractivity (Wildman–Crippen MR) is 222 cm³/mol. The summed E-state index contributed by atoms with van der Waals surface area (Å²) in [5.41, 5.74) is 6.28. The van der Waals surface area contributed by atoms with Crippen molar-refractivity contribution in [3.8, 4) is 16.9 Å². The Hall–Kier alpha value is -5.63. The van der Waals surface area contributed by atoms with Crippen molar-refractivity contribution in [1.82, 2.24) is 24.6 Å². The van der Waals surface area contributed by atoms with Crippen LogP contribution in [0, 0.1) is 6.92 Å². The van der Waals surface area contributed by atoms with Gasteiger partial charge in [0.05, 0.1) is 36.2 Å². The minimum Gasteiger partial charge on any atom is -0.492 e. The summed E-state index contributed by atoms with van der Waals surface area (Å²) in [6, 6.07) is 25.6. The van der Waals surface area contributed by atoms with E-state index in [-0.39, 0.29) is 11.6 Å². The number of morpholine rings is 1. The van der Waals surface area contributed by atoms with E-state index in [4.69, 9.17) is 24.3 Å². The lowest BCUT2D eigenvalue weighted by molar-refractivity contribution is 0.00637. The fourth-order valence-electron chi connectivity index (χ4n) is 7.32. The molecule has 294 valence electrons. The summed E-state index contributed by atoms with van der Waals surface area (Å²) >= 11 is 1.45. The number of carbonyl (C=O) groups is 2. The maximum Gasteiger partial charge on any atom is 0.358 e. The number of carbonyl (C=O) groups excluding carboxylic acids is 2. The number of rotatable bonds is 11. The maximum atomic E-state index is 13.9. The number of fused-ring (bicyclic) bond motifs is 2. The minimum absolute atomic E-state index is 0.208. The lowest BCUT2D eigenvalue weighted by atomic mass is 9.94. The van der Waals surface area contributed by atoms with E-state index in [1.165, 1.54) is 11.3 Å². The zero-order chi connectivity index (χ0) is 39.5. The van der Waals surface area contributed by atoms with E-state index in [2.05, 4.69) is 32.2 Å². The molecule has 3 aromatic carbocycles. The van der Waals surface area contributed by atoms with Crippen molar-refractivity contribution in [2.24, 2.45) is 0 Å². The molecule has 0 atom stereocenters. The van der Waals surface area contributed by atoms with Crippen LogP contribution < -0.4 is 15.0 Å². The smallest absolute Gasteiger partial charge is 0.358 e. The molecule has 5 heterocycles. The molecule has 3 aromatic heterocycles. The first kappa shape index (κ1) is 38.3. The Morgan fingerprint density at radius 1 is 0.912 bits per heavy atom. The molecule has 0 spiro atoms. The van der Waals surface area contributed by atoms with Crippen LogP contribution in [-0.2, 0) is 29.0 Å². The summed E-state index contributed by atoms with van der Waals surface area (Å²) in [5, 5.41) is 8.35. The molecule has 0 bridgehead atoms. The standard InChI is InChI=1S/C44H47N7O5S/c1-29-34(26-45-51(29)27-31-10-5-7-14-37(31)55-25-22-49-20-23-54-24-21-49)32-16-17-39(47-40(32)42(53)56-44(2,3)4)50-19-18-30-11-9-12-33(35(30)28-50)41(52)48-43-46-36-13-6-8-15-38(36)57-43/h5-17,26H,18-25,27-28H2,1-4H3,(H,46,48,52). The highest BCUT2D eigenvalue weighted by Gasteiger charge is 2.28. The molecule has 1 fully saturated rings. The lowest BCUT2D eigenvalue weighted by Gasteiger charge is -2.31. The van der Waals surface area contributed by atoms with Crippen LogP contribution in [0.1, 0.15) is 64.0 Å². The SMILES string of the molecule is Cc1c(-c2ccc(N3CCc4cccc(C(=O)Nc5nc6ccccc6s5)c4C3)nc2C(=O)OC(C)(C)C)cnn1Cc1ccccc1OCCN1CCOCC1. The Labute approximate surface area is 336 Å². The number of benzene rings is 3. The first-order valence-corrected chi connectivity index (χ1v) is 20.2. The molecule has 0 radical (unpaired) electrons. The van der Waals surface area contributed by atoms with Gasteiger partial charge in [-0.3, -0.25) is 19.7 Å². The van der Waals surface area contributed by atoms with Crippen LogP contribution in [0.4, 0.5) is 10.9 Å². The molecule has 1 saturated heterocycles. The van der Waals surface area contributed by atoms with Gasteiger partial charge in [0.25, 0.3) is 5.91 Å². The van der Waals surface area contributed by atoms with Gasteiger partial charge >= 0.3 is 5.97 Å². The van der Waals surface area contributed by atoms with Crippen molar-refractivity contribution < 1.29 is 23.8 Å². The van der Waals surface area contributed by atoms with Crippen LogP contribution in [0.5, 0.6) is 5.75 Å². The third kappa shape index (κ3) is 8.70. The van der Waals surface area contributed by atoms with Crippen LogP contribution in [0.25, 0.3) is 21.3 Å². The molecule has 6 aromatic rings. The van der Waals surface area contributed by atoms with Gasteiger partial charge in [0.1, 0.15) is 23.8 Å². The van der Waals surface area contributed by atoms with Crippen molar-refractivity contribution in [2.45, 2.75) is 52.8 Å². The van der Waals surface area contributed by atoms with Gasteiger partial charge in [0, 0.05) is 60.7 Å². The summed E-state index contributed by atoms with van der Waals surface area (Å²) in [4.78, 5) is 41.7. The third-order valence-corrected chi connectivity index (χ3v) is 11.2. The Bertz CT molecular complexity index is 2380. The highest BCUT2D eigenvalue weighted by molar-refractivity contribution is 7.22. The predicted octanol–water partition coefficient (Wildman–Crippen LogP) is 7.39. The highest BCUT2D eigenvalue weighted by atomic mass is 32.1. The molecule has 8 rings (SSSR count). The van der Waals surface area contributed by atoms with E-state index in [1.54, 1.807) is 6.20 Å². The van der Waals surface area contributed by atoms with Crippen molar-refractivity contribution in [3.05, 3.63) is 119 Å². The number of hydrogen-bond acceptors (Lipinski definition) is 11. The Balaban J connectivity index is 1.04. The fraction of sp³-hybridized carbons (Fsp3) is 0.341. The van der Waals surface area contributed by atoms with Crippen LogP contribution in [0.15, 0.2) is 85.1 Å². The van der Waals surface area contributed by atoms with E-state index >= 15 is 0 Å². The van der Waals surface area contributed by atoms with Gasteiger partial charge in [-0.2, -0.15) is 5.10 Å². The molecule has 0 aliphatic carbocycles. The normalized spacial score (nSPS) is 14.7. The number of ether oxygens (including phenoxy) is 3. The molecule has 1 N–H and O–H groups in total.